The summed E-state index contributed by atoms with van der Waals surface area (Å²) in [6.07, 6.45) is 0. The maximum atomic E-state index is 14.0. The molecule has 0 radical (unpaired) electrons. The van der Waals surface area contributed by atoms with E-state index in [0.717, 1.165) is 18.2 Å². The van der Waals surface area contributed by atoms with E-state index >= 15 is 0 Å². The van der Waals surface area contributed by atoms with E-state index in [0.29, 0.717) is 6.07 Å². The number of nitro benzene ring substituents is 1. The molecule has 0 aliphatic heterocycles. The SMILES string of the molecule is O=C(Oc1ccc(-c2ccc(F)cc2F)cc1C(=O)Cl)c1ccc([N+](=O)[O-])cc1. The zero-order valence-electron chi connectivity index (χ0n) is 14.4. The number of benzene rings is 3. The van der Waals surface area contributed by atoms with E-state index in [2.05, 4.69) is 0 Å². The number of nitro groups is 1. The Kier molecular flexibility index (Phi) is 5.65. The van der Waals surface area contributed by atoms with Gasteiger partial charge in [-0.2, -0.15) is 0 Å². The van der Waals surface area contributed by atoms with E-state index in [1.54, 1.807) is 0 Å². The molecule has 0 aliphatic rings. The van der Waals surface area contributed by atoms with Gasteiger partial charge in [-0.15, -0.1) is 0 Å². The first kappa shape index (κ1) is 20.1. The highest BCUT2D eigenvalue weighted by atomic mass is 35.5. The Morgan fingerprint density at radius 2 is 1.66 bits per heavy atom. The molecule has 3 aromatic carbocycles. The number of esters is 1. The van der Waals surface area contributed by atoms with Crippen LogP contribution in [-0.2, 0) is 0 Å². The van der Waals surface area contributed by atoms with Crippen molar-refractivity contribution >= 4 is 28.5 Å². The molecule has 6 nitrogen and oxygen atoms in total. The van der Waals surface area contributed by atoms with E-state index in [1.807, 2.05) is 0 Å². The molecule has 9 heteroatoms. The highest BCUT2D eigenvalue weighted by Crippen LogP contribution is 2.30. The monoisotopic (exact) mass is 417 g/mol. The Morgan fingerprint density at radius 3 is 2.24 bits per heavy atom. The molecule has 0 heterocycles. The Balaban J connectivity index is 1.92. The largest absolute Gasteiger partial charge is 0.422 e. The Labute approximate surface area is 167 Å². The van der Waals surface area contributed by atoms with Crippen LogP contribution < -0.4 is 4.74 Å². The summed E-state index contributed by atoms with van der Waals surface area (Å²) >= 11 is 5.56. The number of carbonyl (C=O) groups is 2. The van der Waals surface area contributed by atoms with Crippen molar-refractivity contribution in [3.8, 4) is 16.9 Å². The third-order valence-electron chi connectivity index (χ3n) is 3.95. The quantitative estimate of drug-likeness (QED) is 0.189. The maximum Gasteiger partial charge on any atom is 0.343 e. The van der Waals surface area contributed by atoms with Crippen molar-refractivity contribution in [1.29, 1.82) is 0 Å². The van der Waals surface area contributed by atoms with Gasteiger partial charge in [0, 0.05) is 23.8 Å². The van der Waals surface area contributed by atoms with Crippen LogP contribution in [0.3, 0.4) is 0 Å². The van der Waals surface area contributed by atoms with Gasteiger partial charge in [0.25, 0.3) is 10.9 Å². The van der Waals surface area contributed by atoms with Gasteiger partial charge >= 0.3 is 5.97 Å². The fraction of sp³-hybridized carbons (Fsp3) is 0. The van der Waals surface area contributed by atoms with Crippen LogP contribution in [0.2, 0.25) is 0 Å². The first-order valence-corrected chi connectivity index (χ1v) is 8.40. The molecule has 0 spiro atoms. The van der Waals surface area contributed by atoms with Crippen molar-refractivity contribution < 1.29 is 28.0 Å². The van der Waals surface area contributed by atoms with Crippen LogP contribution in [0, 0.1) is 21.7 Å². The third-order valence-corrected chi connectivity index (χ3v) is 4.15. The summed E-state index contributed by atoms with van der Waals surface area (Å²) in [5.74, 6) is -2.65. The summed E-state index contributed by atoms with van der Waals surface area (Å²) < 4.78 is 32.3. The molecule has 0 atom stereocenters. The molecule has 0 aromatic heterocycles. The molecule has 29 heavy (non-hydrogen) atoms. The summed E-state index contributed by atoms with van der Waals surface area (Å²) in [6, 6.07) is 11.4. The average Bonchev–Trinajstić information content (AvgIpc) is 2.68. The van der Waals surface area contributed by atoms with Gasteiger partial charge in [-0.1, -0.05) is 6.07 Å². The molecule has 0 saturated heterocycles. The number of halogens is 3. The van der Waals surface area contributed by atoms with Crippen molar-refractivity contribution in [2.45, 2.75) is 0 Å². The van der Waals surface area contributed by atoms with Gasteiger partial charge in [0.05, 0.1) is 16.1 Å². The van der Waals surface area contributed by atoms with E-state index in [-0.39, 0.29) is 33.7 Å². The van der Waals surface area contributed by atoms with Gasteiger partial charge in [-0.3, -0.25) is 14.9 Å². The van der Waals surface area contributed by atoms with Gasteiger partial charge in [0.2, 0.25) is 0 Å². The van der Waals surface area contributed by atoms with Crippen LogP contribution in [0.15, 0.2) is 60.7 Å². The lowest BCUT2D eigenvalue weighted by Crippen LogP contribution is -2.10. The van der Waals surface area contributed by atoms with Crippen molar-refractivity contribution in [1.82, 2.24) is 0 Å². The smallest absolute Gasteiger partial charge is 0.343 e. The third kappa shape index (κ3) is 4.44. The number of ether oxygens (including phenoxy) is 1. The number of non-ortho nitro benzene ring substituents is 1. The van der Waals surface area contributed by atoms with Crippen LogP contribution in [0.4, 0.5) is 14.5 Å². The van der Waals surface area contributed by atoms with E-state index < -0.39 is 27.8 Å². The van der Waals surface area contributed by atoms with E-state index in [1.165, 1.54) is 36.4 Å². The second kappa shape index (κ2) is 8.15. The lowest BCUT2D eigenvalue weighted by atomic mass is 10.0. The predicted molar refractivity (Wildman–Crippen MR) is 100 cm³/mol. The molecule has 146 valence electrons. The molecule has 3 rings (SSSR count). The van der Waals surface area contributed by atoms with Gasteiger partial charge in [0.15, 0.2) is 0 Å². The van der Waals surface area contributed by atoms with Crippen molar-refractivity contribution in [3.05, 3.63) is 93.5 Å². The Hall–Kier alpha value is -3.65. The standard InChI is InChI=1S/C20H10ClF2NO5/c21-19(25)16-9-12(15-7-4-13(22)10-17(15)23)3-8-18(16)29-20(26)11-1-5-14(6-2-11)24(27)28/h1-10H. The predicted octanol–water partition coefficient (Wildman–Crippen LogP) is 5.14. The molecular weight excluding hydrogens is 408 g/mol. The normalized spacial score (nSPS) is 10.4. The second-order valence-electron chi connectivity index (χ2n) is 5.80. The fourth-order valence-corrected chi connectivity index (χ4v) is 2.69. The van der Waals surface area contributed by atoms with Crippen LogP contribution >= 0.6 is 11.6 Å². The first-order valence-electron chi connectivity index (χ1n) is 8.02. The van der Waals surface area contributed by atoms with Crippen LogP contribution in [-0.4, -0.2) is 16.1 Å². The van der Waals surface area contributed by atoms with Crippen molar-refractivity contribution in [2.24, 2.45) is 0 Å². The molecule has 0 unspecified atom stereocenters. The number of carbonyl (C=O) groups excluding carboxylic acids is 2. The van der Waals surface area contributed by atoms with Crippen molar-refractivity contribution in [3.63, 3.8) is 0 Å². The zero-order valence-corrected chi connectivity index (χ0v) is 15.2. The zero-order chi connectivity index (χ0) is 21.1. The van der Waals surface area contributed by atoms with E-state index in [9.17, 15) is 28.5 Å². The number of nitrogens with zero attached hydrogens (tertiary/aromatic N) is 1. The average molecular weight is 418 g/mol. The van der Waals surface area contributed by atoms with Gasteiger partial charge in [-0.25, -0.2) is 13.6 Å². The van der Waals surface area contributed by atoms with Crippen LogP contribution in [0.25, 0.3) is 11.1 Å². The van der Waals surface area contributed by atoms with Gasteiger partial charge in [-0.05, 0) is 53.6 Å². The Morgan fingerprint density at radius 1 is 0.966 bits per heavy atom. The highest BCUT2D eigenvalue weighted by Gasteiger charge is 2.18. The minimum atomic E-state index is -0.958. The molecule has 0 aliphatic carbocycles. The first-order chi connectivity index (χ1) is 13.8. The minimum absolute atomic E-state index is 0.0113. The van der Waals surface area contributed by atoms with Crippen molar-refractivity contribution in [2.75, 3.05) is 0 Å². The van der Waals surface area contributed by atoms with Gasteiger partial charge < -0.3 is 4.74 Å². The molecule has 0 bridgehead atoms. The lowest BCUT2D eigenvalue weighted by molar-refractivity contribution is -0.384. The number of hydrogen-bond donors (Lipinski definition) is 0. The summed E-state index contributed by atoms with van der Waals surface area (Å²) in [5, 5.41) is 9.72. The molecule has 0 fully saturated rings. The van der Waals surface area contributed by atoms with Crippen LogP contribution in [0.5, 0.6) is 5.75 Å². The summed E-state index contributed by atoms with van der Waals surface area (Å²) in [6.45, 7) is 0. The highest BCUT2D eigenvalue weighted by molar-refractivity contribution is 6.68. The number of rotatable bonds is 5. The van der Waals surface area contributed by atoms with Crippen LogP contribution in [0.1, 0.15) is 20.7 Å². The molecular formula is C20H10ClF2NO5. The number of hydrogen-bond acceptors (Lipinski definition) is 5. The molecule has 0 saturated carbocycles. The van der Waals surface area contributed by atoms with Gasteiger partial charge in [0.1, 0.15) is 17.4 Å². The summed E-state index contributed by atoms with van der Waals surface area (Å²) in [4.78, 5) is 34.1. The second-order valence-corrected chi connectivity index (χ2v) is 6.15. The van der Waals surface area contributed by atoms with E-state index in [4.69, 9.17) is 16.3 Å². The minimum Gasteiger partial charge on any atom is -0.422 e. The summed E-state index contributed by atoms with van der Waals surface area (Å²) in [5.41, 5.74) is -0.148. The topological polar surface area (TPSA) is 86.5 Å². The molecule has 0 N–H and O–H groups in total. The fourth-order valence-electron chi connectivity index (χ4n) is 2.54. The molecule has 3 aromatic rings. The lowest BCUT2D eigenvalue weighted by Gasteiger charge is -2.10. The maximum absolute atomic E-state index is 14.0. The molecule has 0 amide bonds. The Bertz CT molecular complexity index is 1130. The summed E-state index contributed by atoms with van der Waals surface area (Å²) in [7, 11) is 0.